The van der Waals surface area contributed by atoms with Crippen LogP contribution in [0.5, 0.6) is 5.75 Å². The first-order valence-corrected chi connectivity index (χ1v) is 11.7. The van der Waals surface area contributed by atoms with Crippen LogP contribution in [0.15, 0.2) is 30.5 Å². The minimum Gasteiger partial charge on any atom is -0.497 e. The van der Waals surface area contributed by atoms with E-state index in [0.717, 1.165) is 70.0 Å². The molecule has 1 aromatic rings. The Balaban J connectivity index is 0.00000193. The molecule has 4 unspecified atom stereocenters. The van der Waals surface area contributed by atoms with Gasteiger partial charge in [0.15, 0.2) is 5.78 Å². The van der Waals surface area contributed by atoms with Gasteiger partial charge in [0.1, 0.15) is 11.9 Å². The van der Waals surface area contributed by atoms with E-state index in [0.29, 0.717) is 5.57 Å². The number of benzene rings is 1. The molecule has 2 aliphatic heterocycles. The number of carbonyl (C=O) groups excluding carboxylic acids is 1. The molecule has 0 aromatic heterocycles. The summed E-state index contributed by atoms with van der Waals surface area (Å²) < 4.78 is 17.6. The Hall–Kier alpha value is -1.31. The average molecular weight is 501 g/mol. The van der Waals surface area contributed by atoms with Crippen LogP contribution in [-0.2, 0) is 14.3 Å². The predicted octanol–water partition coefficient (Wildman–Crippen LogP) is 3.92. The van der Waals surface area contributed by atoms with Crippen LogP contribution in [0, 0.1) is 11.8 Å². The maximum absolute atomic E-state index is 13.2. The predicted molar refractivity (Wildman–Crippen MR) is 136 cm³/mol. The van der Waals surface area contributed by atoms with Gasteiger partial charge < -0.3 is 19.1 Å². The van der Waals surface area contributed by atoms with Crippen molar-refractivity contribution < 1.29 is 19.0 Å². The number of ketones is 1. The molecule has 2 heterocycles. The maximum atomic E-state index is 13.2. The third-order valence-electron chi connectivity index (χ3n) is 7.26. The summed E-state index contributed by atoms with van der Waals surface area (Å²) in [6.45, 7) is 11.8. The Morgan fingerprint density at radius 1 is 1.03 bits per heavy atom. The molecule has 2 fully saturated rings. The van der Waals surface area contributed by atoms with Gasteiger partial charge in [0.05, 0.1) is 37.6 Å². The van der Waals surface area contributed by atoms with E-state index >= 15 is 0 Å². The fourth-order valence-electron chi connectivity index (χ4n) is 5.13. The molecule has 3 aliphatic rings. The van der Waals surface area contributed by atoms with Crippen molar-refractivity contribution in [2.45, 2.75) is 38.9 Å². The fraction of sp³-hybridized carbons (Fsp3) is 0.640. The highest BCUT2D eigenvalue weighted by Gasteiger charge is 2.45. The van der Waals surface area contributed by atoms with Gasteiger partial charge in [-0.05, 0) is 37.1 Å². The second-order valence-corrected chi connectivity index (χ2v) is 8.95. The lowest BCUT2D eigenvalue weighted by Crippen LogP contribution is -2.49. The molecule has 0 radical (unpaired) electrons. The van der Waals surface area contributed by atoms with Gasteiger partial charge in [-0.1, -0.05) is 26.0 Å². The Labute approximate surface area is 210 Å². The summed E-state index contributed by atoms with van der Waals surface area (Å²) >= 11 is 0. The van der Waals surface area contributed by atoms with Crippen LogP contribution in [0.3, 0.4) is 0 Å². The molecule has 1 aliphatic carbocycles. The van der Waals surface area contributed by atoms with Gasteiger partial charge >= 0.3 is 0 Å². The van der Waals surface area contributed by atoms with Gasteiger partial charge in [-0.3, -0.25) is 9.69 Å². The van der Waals surface area contributed by atoms with E-state index in [-0.39, 0.29) is 54.6 Å². The number of nitrogens with zero attached hydrogens (tertiary/aromatic N) is 2. The highest BCUT2D eigenvalue weighted by atomic mass is 35.5. The van der Waals surface area contributed by atoms with Crippen LogP contribution < -0.4 is 4.74 Å². The number of halogens is 2. The Morgan fingerprint density at radius 2 is 1.70 bits per heavy atom. The smallest absolute Gasteiger partial charge is 0.173 e. The zero-order chi connectivity index (χ0) is 21.8. The van der Waals surface area contributed by atoms with E-state index in [1.165, 1.54) is 0 Å². The molecule has 0 spiro atoms. The molecule has 0 N–H and O–H groups in total. The van der Waals surface area contributed by atoms with Gasteiger partial charge in [-0.2, -0.15) is 0 Å². The van der Waals surface area contributed by atoms with Crippen molar-refractivity contribution in [1.82, 2.24) is 9.80 Å². The van der Waals surface area contributed by atoms with Crippen molar-refractivity contribution >= 4 is 36.2 Å². The lowest BCUT2D eigenvalue weighted by Gasteiger charge is -2.42. The number of hydrogen-bond donors (Lipinski definition) is 0. The Kier molecular flexibility index (Phi) is 11.0. The first-order valence-electron chi connectivity index (χ1n) is 11.7. The fourth-order valence-corrected chi connectivity index (χ4v) is 5.13. The quantitative estimate of drug-likeness (QED) is 0.565. The number of piperazine rings is 1. The lowest BCUT2D eigenvalue weighted by atomic mass is 9.73. The first-order chi connectivity index (χ1) is 15.1. The van der Waals surface area contributed by atoms with E-state index in [9.17, 15) is 4.79 Å². The molecule has 186 valence electrons. The van der Waals surface area contributed by atoms with Gasteiger partial charge in [-0.25, -0.2) is 0 Å². The normalized spacial score (nSPS) is 28.0. The molecule has 4 atom stereocenters. The molecule has 0 amide bonds. The van der Waals surface area contributed by atoms with Crippen LogP contribution in [0.2, 0.25) is 0 Å². The first kappa shape index (κ1) is 27.9. The van der Waals surface area contributed by atoms with Crippen molar-refractivity contribution in [3.63, 3.8) is 0 Å². The molecule has 6 nitrogen and oxygen atoms in total. The summed E-state index contributed by atoms with van der Waals surface area (Å²) in [6, 6.07) is 7.60. The third kappa shape index (κ3) is 6.43. The number of ether oxygens (including phenoxy) is 3. The molecule has 0 bridgehead atoms. The number of Topliss-reactive ketones (excluding diaryl/α,β-unsaturated/α-hetero) is 1. The van der Waals surface area contributed by atoms with Crippen LogP contribution in [0.1, 0.15) is 32.3 Å². The zero-order valence-electron chi connectivity index (χ0n) is 19.9. The highest BCUT2D eigenvalue weighted by molar-refractivity contribution is 6.22. The van der Waals surface area contributed by atoms with Crippen LogP contribution in [0.25, 0.3) is 5.57 Å². The van der Waals surface area contributed by atoms with Crippen LogP contribution in [-0.4, -0.2) is 80.8 Å². The number of likely N-dealkylation sites (N-methyl/N-ethyl adjacent to an activating group) is 1. The molecular weight excluding hydrogens is 463 g/mol. The van der Waals surface area contributed by atoms with Gasteiger partial charge in [0.2, 0.25) is 0 Å². The summed E-state index contributed by atoms with van der Waals surface area (Å²) in [5.41, 5.74) is 1.56. The van der Waals surface area contributed by atoms with Crippen molar-refractivity contribution in [1.29, 1.82) is 0 Å². The van der Waals surface area contributed by atoms with E-state index in [1.807, 2.05) is 24.3 Å². The van der Waals surface area contributed by atoms with Crippen molar-refractivity contribution in [2.24, 2.45) is 11.8 Å². The van der Waals surface area contributed by atoms with Crippen molar-refractivity contribution in [2.75, 3.05) is 53.0 Å². The van der Waals surface area contributed by atoms with Gasteiger partial charge in [0.25, 0.3) is 0 Å². The molecule has 4 rings (SSSR count). The number of allylic oxidation sites excluding steroid dienone is 1. The molecule has 1 saturated heterocycles. The third-order valence-corrected chi connectivity index (χ3v) is 7.26. The van der Waals surface area contributed by atoms with Crippen molar-refractivity contribution in [3.05, 3.63) is 36.1 Å². The van der Waals surface area contributed by atoms with Crippen molar-refractivity contribution in [3.8, 4) is 5.75 Å². The summed E-state index contributed by atoms with van der Waals surface area (Å²) in [4.78, 5) is 18.2. The van der Waals surface area contributed by atoms with E-state index in [1.54, 1.807) is 13.4 Å². The van der Waals surface area contributed by atoms with E-state index in [4.69, 9.17) is 14.2 Å². The molecule has 1 saturated carbocycles. The zero-order valence-corrected chi connectivity index (χ0v) is 21.5. The van der Waals surface area contributed by atoms with Gasteiger partial charge in [0, 0.05) is 38.6 Å². The molecule has 1 aromatic carbocycles. The summed E-state index contributed by atoms with van der Waals surface area (Å²) in [5, 5.41) is 0. The summed E-state index contributed by atoms with van der Waals surface area (Å²) in [5.74, 6) is 1.10. The maximum Gasteiger partial charge on any atom is 0.173 e. The molecule has 8 heteroatoms. The minimum absolute atomic E-state index is 0. The second kappa shape index (κ2) is 13.0. The van der Waals surface area contributed by atoms with Gasteiger partial charge in [-0.15, -0.1) is 24.8 Å². The second-order valence-electron chi connectivity index (χ2n) is 8.95. The highest BCUT2D eigenvalue weighted by Crippen LogP contribution is 2.40. The largest absolute Gasteiger partial charge is 0.497 e. The Bertz CT molecular complexity index is 781. The topological polar surface area (TPSA) is 51.2 Å². The number of methoxy groups -OCH3 is 1. The monoisotopic (exact) mass is 500 g/mol. The number of carbonyl (C=O) groups is 1. The summed E-state index contributed by atoms with van der Waals surface area (Å²) in [7, 11) is 1.64. The summed E-state index contributed by atoms with van der Waals surface area (Å²) in [6.07, 6.45) is 3.46. The van der Waals surface area contributed by atoms with Crippen LogP contribution in [0.4, 0.5) is 0 Å². The van der Waals surface area contributed by atoms with E-state index in [2.05, 4.69) is 23.6 Å². The minimum atomic E-state index is -0.0960. The van der Waals surface area contributed by atoms with E-state index < -0.39 is 0 Å². The average Bonchev–Trinajstić information content (AvgIpc) is 2.81. The standard InChI is InChI=1S/C25H36N2O4.2ClH/c1-4-26-11-13-27(14-12-26)15-16-30-23-10-9-21-24(28)22(17-31-25(21)18(23)2)19-5-7-20(29-3)8-6-19;;/h5-8,17-18,21,23,25H,4,9-16H2,1-3H3;2*1H. The SMILES string of the molecule is CCN1CCN(CCOC2CCC3C(=O)C(c4ccc(OC)cc4)=COC3C2C)CC1.Cl.Cl. The lowest BCUT2D eigenvalue weighted by molar-refractivity contribution is -0.135. The Morgan fingerprint density at radius 3 is 2.33 bits per heavy atom. The number of fused-ring (bicyclic) bond motifs is 1. The number of rotatable bonds is 7. The molecular formula is C25H38Cl2N2O4. The number of hydrogen-bond acceptors (Lipinski definition) is 6. The van der Waals surface area contributed by atoms with Crippen LogP contribution >= 0.6 is 24.8 Å². The molecule has 33 heavy (non-hydrogen) atoms.